The average molecular weight is 96.1 g/mol. The second-order valence-corrected chi connectivity index (χ2v) is 1.20. The van der Waals surface area contributed by atoms with Crippen molar-refractivity contribution in [1.82, 2.24) is 0 Å². The molecule has 3 nitrogen and oxygen atoms in total. The van der Waals surface area contributed by atoms with E-state index in [4.69, 9.17) is 0 Å². The Kier molecular flexibility index (Phi) is 0.978. The number of hydrogen-bond donors (Lipinski definition) is 0. The molecule has 1 unspecified atom stereocenters. The number of hydrogen-bond acceptors (Lipinski definition) is 3. The molecule has 0 aliphatic carbocycles. The van der Waals surface area contributed by atoms with Crippen LogP contribution in [-0.4, -0.2) is 12.3 Å². The lowest BCUT2D eigenvalue weighted by molar-refractivity contribution is -0.108. The Balaban J connectivity index is 2.59. The monoisotopic (exact) mass is 96.0 g/mol. The largest absolute Gasteiger partial charge is 0.301 e. The van der Waals surface area contributed by atoms with Crippen LogP contribution < -0.4 is 0 Å². The summed E-state index contributed by atoms with van der Waals surface area (Å²) in [4.78, 5) is 9.80. The average Bonchev–Trinajstić information content (AvgIpc) is 2.14. The maximum atomic E-state index is 9.80. The van der Waals surface area contributed by atoms with E-state index < -0.39 is 0 Å². The van der Waals surface area contributed by atoms with E-state index >= 15 is 0 Å². The summed E-state index contributed by atoms with van der Waals surface area (Å²) in [5.41, 5.74) is 0. The highest BCUT2D eigenvalue weighted by Crippen LogP contribution is 1.98. The molecule has 0 aromatic carbocycles. The van der Waals surface area contributed by atoms with E-state index in [1.807, 2.05) is 0 Å². The van der Waals surface area contributed by atoms with Gasteiger partial charge < -0.3 is 4.79 Å². The van der Waals surface area contributed by atoms with Gasteiger partial charge in [-0.1, -0.05) is 0 Å². The number of nitrogens with zero attached hydrogens (tertiary/aromatic N) is 2. The Labute approximate surface area is 40.7 Å². The van der Waals surface area contributed by atoms with Crippen molar-refractivity contribution in [2.75, 3.05) is 0 Å². The van der Waals surface area contributed by atoms with Crippen molar-refractivity contribution in [2.24, 2.45) is 10.2 Å². The van der Waals surface area contributed by atoms with E-state index in [0.29, 0.717) is 0 Å². The first kappa shape index (κ1) is 4.18. The molecule has 0 radical (unpaired) electrons. The molecule has 1 aliphatic rings. The highest BCUT2D eigenvalue weighted by atomic mass is 16.1. The standard InChI is InChI=1S/C4H4N2O/c7-3-4-1-2-5-6-4/h1-4H. The van der Waals surface area contributed by atoms with Gasteiger partial charge in [0.15, 0.2) is 0 Å². The van der Waals surface area contributed by atoms with E-state index in [0.717, 1.165) is 6.29 Å². The van der Waals surface area contributed by atoms with Gasteiger partial charge in [0.1, 0.15) is 12.3 Å². The zero-order valence-electron chi connectivity index (χ0n) is 3.61. The van der Waals surface area contributed by atoms with Crippen LogP contribution in [0, 0.1) is 0 Å². The summed E-state index contributed by atoms with van der Waals surface area (Å²) in [6.45, 7) is 0. The molecule has 0 amide bonds. The fraction of sp³-hybridized carbons (Fsp3) is 0.250. The third-order valence-electron chi connectivity index (χ3n) is 0.689. The van der Waals surface area contributed by atoms with Crippen molar-refractivity contribution in [3.63, 3.8) is 0 Å². The summed E-state index contributed by atoms with van der Waals surface area (Å²) in [6, 6.07) is -0.306. The van der Waals surface area contributed by atoms with Gasteiger partial charge >= 0.3 is 0 Å². The van der Waals surface area contributed by atoms with E-state index in [-0.39, 0.29) is 6.04 Å². The topological polar surface area (TPSA) is 41.8 Å². The lowest BCUT2D eigenvalue weighted by Gasteiger charge is -1.80. The normalized spacial score (nSPS) is 26.0. The molecule has 7 heavy (non-hydrogen) atoms. The first-order chi connectivity index (χ1) is 3.43. The predicted molar refractivity (Wildman–Crippen MR) is 23.8 cm³/mol. The first-order valence-corrected chi connectivity index (χ1v) is 1.95. The number of aldehydes is 1. The molecule has 0 bridgehead atoms. The number of carbonyl (C=O) groups is 1. The Morgan fingerprint density at radius 3 is 2.86 bits per heavy atom. The predicted octanol–water partition coefficient (Wildman–Crippen LogP) is 0.533. The van der Waals surface area contributed by atoms with Gasteiger partial charge in [-0.2, -0.15) is 10.2 Å². The third-order valence-corrected chi connectivity index (χ3v) is 0.689. The highest BCUT2D eigenvalue weighted by Gasteiger charge is 2.00. The minimum Gasteiger partial charge on any atom is -0.301 e. The zero-order valence-corrected chi connectivity index (χ0v) is 3.61. The van der Waals surface area contributed by atoms with Crippen molar-refractivity contribution < 1.29 is 4.79 Å². The van der Waals surface area contributed by atoms with Gasteiger partial charge in [-0.3, -0.25) is 0 Å². The van der Waals surface area contributed by atoms with Gasteiger partial charge in [-0.05, 0) is 6.08 Å². The summed E-state index contributed by atoms with van der Waals surface area (Å²) < 4.78 is 0. The fourth-order valence-corrected chi connectivity index (χ4v) is 0.353. The van der Waals surface area contributed by atoms with E-state index in [1.165, 1.54) is 6.20 Å². The summed E-state index contributed by atoms with van der Waals surface area (Å²) in [5, 5.41) is 6.95. The smallest absolute Gasteiger partial charge is 0.150 e. The SMILES string of the molecule is O=CC1C=CN=N1. The van der Waals surface area contributed by atoms with Crippen molar-refractivity contribution in [1.29, 1.82) is 0 Å². The Morgan fingerprint density at radius 1 is 1.71 bits per heavy atom. The number of carbonyl (C=O) groups excluding carboxylic acids is 1. The molecular weight excluding hydrogens is 92.1 g/mol. The van der Waals surface area contributed by atoms with Gasteiger partial charge in [0, 0.05) is 6.20 Å². The number of azo groups is 1. The molecule has 3 heteroatoms. The van der Waals surface area contributed by atoms with Crippen LogP contribution in [0.5, 0.6) is 0 Å². The van der Waals surface area contributed by atoms with Crippen LogP contribution in [0.4, 0.5) is 0 Å². The Bertz CT molecular complexity index is 116. The van der Waals surface area contributed by atoms with Gasteiger partial charge in [0.25, 0.3) is 0 Å². The molecule has 0 aromatic heterocycles. The molecular formula is C4H4N2O. The van der Waals surface area contributed by atoms with Crippen LogP contribution >= 0.6 is 0 Å². The minimum absolute atomic E-state index is 0.306. The van der Waals surface area contributed by atoms with Crippen LogP contribution in [0.1, 0.15) is 0 Å². The van der Waals surface area contributed by atoms with Crippen LogP contribution in [0.2, 0.25) is 0 Å². The summed E-state index contributed by atoms with van der Waals surface area (Å²) in [5.74, 6) is 0. The molecule has 1 heterocycles. The number of rotatable bonds is 1. The molecule has 1 aliphatic heterocycles. The van der Waals surface area contributed by atoms with E-state index in [1.54, 1.807) is 6.08 Å². The minimum atomic E-state index is -0.306. The van der Waals surface area contributed by atoms with Crippen molar-refractivity contribution >= 4 is 6.29 Å². The molecule has 0 aromatic rings. The molecule has 0 saturated heterocycles. The summed E-state index contributed by atoms with van der Waals surface area (Å²) in [6.07, 6.45) is 3.89. The maximum Gasteiger partial charge on any atom is 0.150 e. The maximum absolute atomic E-state index is 9.80. The van der Waals surface area contributed by atoms with Crippen LogP contribution in [0.15, 0.2) is 22.5 Å². The van der Waals surface area contributed by atoms with Crippen LogP contribution in [0.25, 0.3) is 0 Å². The zero-order chi connectivity index (χ0) is 5.11. The van der Waals surface area contributed by atoms with E-state index in [9.17, 15) is 4.79 Å². The van der Waals surface area contributed by atoms with Gasteiger partial charge in [0.2, 0.25) is 0 Å². The second-order valence-electron chi connectivity index (χ2n) is 1.20. The molecule has 0 saturated carbocycles. The second kappa shape index (κ2) is 1.64. The van der Waals surface area contributed by atoms with Gasteiger partial charge in [0.05, 0.1) is 0 Å². The molecule has 0 fully saturated rings. The fourth-order valence-electron chi connectivity index (χ4n) is 0.353. The van der Waals surface area contributed by atoms with Gasteiger partial charge in [-0.15, -0.1) is 0 Å². The highest BCUT2D eigenvalue weighted by molar-refractivity contribution is 5.61. The van der Waals surface area contributed by atoms with Crippen LogP contribution in [-0.2, 0) is 4.79 Å². The molecule has 1 rings (SSSR count). The van der Waals surface area contributed by atoms with Crippen molar-refractivity contribution in [3.05, 3.63) is 12.3 Å². The molecule has 1 atom stereocenters. The Hall–Kier alpha value is -0.990. The molecule has 36 valence electrons. The van der Waals surface area contributed by atoms with Crippen LogP contribution in [0.3, 0.4) is 0 Å². The third kappa shape index (κ3) is 0.707. The Morgan fingerprint density at radius 2 is 2.57 bits per heavy atom. The van der Waals surface area contributed by atoms with Crippen molar-refractivity contribution in [2.45, 2.75) is 6.04 Å². The quantitative estimate of drug-likeness (QED) is 0.439. The van der Waals surface area contributed by atoms with Gasteiger partial charge in [-0.25, -0.2) is 0 Å². The lowest BCUT2D eigenvalue weighted by Crippen LogP contribution is -1.95. The molecule has 0 N–H and O–H groups in total. The summed E-state index contributed by atoms with van der Waals surface area (Å²) >= 11 is 0. The lowest BCUT2D eigenvalue weighted by atomic mass is 10.4. The molecule has 0 spiro atoms. The summed E-state index contributed by atoms with van der Waals surface area (Å²) in [7, 11) is 0. The first-order valence-electron chi connectivity index (χ1n) is 1.95. The van der Waals surface area contributed by atoms with E-state index in [2.05, 4.69) is 10.2 Å². The van der Waals surface area contributed by atoms with Crippen molar-refractivity contribution in [3.8, 4) is 0 Å².